The zero-order chi connectivity index (χ0) is 13.7. The number of ether oxygens (including phenoxy) is 1. The standard InChI is InChI=1S/C13H13N3O3/c1-2-19-13(17)12(16-18)7-9-8-14-10-5-3-4-6-11(10)15-9/h3-6,8,18H,2,7H2,1H3. The van der Waals surface area contributed by atoms with Crippen molar-refractivity contribution in [1.29, 1.82) is 0 Å². The van der Waals surface area contributed by atoms with E-state index >= 15 is 0 Å². The lowest BCUT2D eigenvalue weighted by Crippen LogP contribution is -2.20. The number of carbonyl (C=O) groups excluding carboxylic acids is 1. The van der Waals surface area contributed by atoms with Gasteiger partial charge in [-0.05, 0) is 19.1 Å². The van der Waals surface area contributed by atoms with Crippen LogP contribution in [0.25, 0.3) is 11.0 Å². The van der Waals surface area contributed by atoms with Gasteiger partial charge in [0, 0.05) is 12.6 Å². The molecule has 0 aliphatic rings. The third-order valence-electron chi connectivity index (χ3n) is 2.48. The first-order valence-electron chi connectivity index (χ1n) is 5.83. The summed E-state index contributed by atoms with van der Waals surface area (Å²) in [4.78, 5) is 20.0. The van der Waals surface area contributed by atoms with E-state index in [2.05, 4.69) is 15.1 Å². The Morgan fingerprint density at radius 3 is 2.79 bits per heavy atom. The van der Waals surface area contributed by atoms with E-state index < -0.39 is 5.97 Å². The van der Waals surface area contributed by atoms with Crippen LogP contribution in [0, 0.1) is 0 Å². The van der Waals surface area contributed by atoms with Gasteiger partial charge in [-0.1, -0.05) is 17.3 Å². The predicted octanol–water partition coefficient (Wildman–Crippen LogP) is 1.57. The zero-order valence-electron chi connectivity index (χ0n) is 10.4. The van der Waals surface area contributed by atoms with Crippen molar-refractivity contribution in [3.05, 3.63) is 36.2 Å². The number of rotatable bonds is 4. The normalized spacial score (nSPS) is 11.5. The third-order valence-corrected chi connectivity index (χ3v) is 2.48. The highest BCUT2D eigenvalue weighted by molar-refractivity contribution is 6.36. The fourth-order valence-electron chi connectivity index (χ4n) is 1.61. The molecule has 2 aromatic rings. The van der Waals surface area contributed by atoms with Gasteiger partial charge in [-0.15, -0.1) is 0 Å². The Kier molecular flexibility index (Phi) is 4.02. The number of benzene rings is 1. The number of aromatic nitrogens is 2. The highest BCUT2D eigenvalue weighted by Gasteiger charge is 2.15. The molecule has 0 radical (unpaired) electrons. The van der Waals surface area contributed by atoms with Crippen LogP contribution in [-0.4, -0.2) is 33.5 Å². The average molecular weight is 259 g/mol. The van der Waals surface area contributed by atoms with E-state index in [1.54, 1.807) is 13.1 Å². The summed E-state index contributed by atoms with van der Waals surface area (Å²) in [6.45, 7) is 1.91. The summed E-state index contributed by atoms with van der Waals surface area (Å²) in [7, 11) is 0. The molecule has 0 bridgehead atoms. The Morgan fingerprint density at radius 2 is 2.11 bits per heavy atom. The molecule has 0 spiro atoms. The highest BCUT2D eigenvalue weighted by atomic mass is 16.5. The Bertz CT molecular complexity index is 625. The van der Waals surface area contributed by atoms with E-state index in [1.807, 2.05) is 24.3 Å². The molecule has 2 rings (SSSR count). The summed E-state index contributed by atoms with van der Waals surface area (Å²) in [5, 5.41) is 11.8. The quantitative estimate of drug-likeness (QED) is 0.390. The smallest absolute Gasteiger partial charge is 0.356 e. The van der Waals surface area contributed by atoms with Gasteiger partial charge >= 0.3 is 5.97 Å². The van der Waals surface area contributed by atoms with Crippen molar-refractivity contribution in [2.45, 2.75) is 13.3 Å². The lowest BCUT2D eigenvalue weighted by atomic mass is 10.2. The van der Waals surface area contributed by atoms with Gasteiger partial charge in [-0.3, -0.25) is 4.98 Å². The first-order chi connectivity index (χ1) is 9.24. The summed E-state index contributed by atoms with van der Waals surface area (Å²) < 4.78 is 4.78. The number of esters is 1. The number of fused-ring (bicyclic) bond motifs is 1. The number of oxime groups is 1. The number of para-hydroxylation sites is 2. The van der Waals surface area contributed by atoms with Crippen LogP contribution >= 0.6 is 0 Å². The first-order valence-corrected chi connectivity index (χ1v) is 5.83. The van der Waals surface area contributed by atoms with E-state index in [4.69, 9.17) is 9.94 Å². The number of carbonyl (C=O) groups is 1. The highest BCUT2D eigenvalue weighted by Crippen LogP contribution is 2.09. The van der Waals surface area contributed by atoms with Gasteiger partial charge in [0.05, 0.1) is 23.3 Å². The summed E-state index contributed by atoms with van der Waals surface area (Å²) >= 11 is 0. The minimum atomic E-state index is -0.653. The Labute approximate surface area is 109 Å². The Balaban J connectivity index is 2.22. The van der Waals surface area contributed by atoms with Crippen molar-refractivity contribution in [3.8, 4) is 0 Å². The van der Waals surface area contributed by atoms with Gasteiger partial charge < -0.3 is 9.94 Å². The van der Waals surface area contributed by atoms with Gasteiger partial charge in [0.15, 0.2) is 5.71 Å². The molecule has 6 heteroatoms. The van der Waals surface area contributed by atoms with E-state index in [9.17, 15) is 4.79 Å². The molecule has 98 valence electrons. The van der Waals surface area contributed by atoms with E-state index in [1.165, 1.54) is 0 Å². The molecule has 0 atom stereocenters. The lowest BCUT2D eigenvalue weighted by Gasteiger charge is -2.04. The maximum Gasteiger partial charge on any atom is 0.356 e. The van der Waals surface area contributed by atoms with Gasteiger partial charge in [-0.2, -0.15) is 0 Å². The van der Waals surface area contributed by atoms with Crippen LogP contribution in [0.2, 0.25) is 0 Å². The topological polar surface area (TPSA) is 84.7 Å². The molecule has 1 heterocycles. The van der Waals surface area contributed by atoms with E-state index in [-0.39, 0.29) is 18.7 Å². The number of hydrogen-bond donors (Lipinski definition) is 1. The monoisotopic (exact) mass is 259 g/mol. The molecule has 0 aliphatic carbocycles. The minimum Gasteiger partial charge on any atom is -0.461 e. The van der Waals surface area contributed by atoms with Gasteiger partial charge in [0.25, 0.3) is 0 Å². The summed E-state index contributed by atoms with van der Waals surface area (Å²) in [5.74, 6) is -0.653. The van der Waals surface area contributed by atoms with Crippen LogP contribution < -0.4 is 0 Å². The minimum absolute atomic E-state index is 0.0766. The molecule has 1 aromatic carbocycles. The van der Waals surface area contributed by atoms with Crippen molar-refractivity contribution in [2.75, 3.05) is 6.61 Å². The number of nitrogens with zero attached hydrogens (tertiary/aromatic N) is 3. The van der Waals surface area contributed by atoms with Crippen molar-refractivity contribution in [2.24, 2.45) is 5.16 Å². The molecular weight excluding hydrogens is 246 g/mol. The van der Waals surface area contributed by atoms with Crippen molar-refractivity contribution >= 4 is 22.7 Å². The molecule has 6 nitrogen and oxygen atoms in total. The molecule has 0 amide bonds. The second-order valence-electron chi connectivity index (χ2n) is 3.79. The molecule has 19 heavy (non-hydrogen) atoms. The SMILES string of the molecule is CCOC(=O)C(Cc1cnc2ccccc2n1)=NO. The third kappa shape index (κ3) is 3.04. The summed E-state index contributed by atoms with van der Waals surface area (Å²) in [6, 6.07) is 7.40. The maximum absolute atomic E-state index is 11.5. The van der Waals surface area contributed by atoms with Crippen LogP contribution in [0.1, 0.15) is 12.6 Å². The zero-order valence-corrected chi connectivity index (χ0v) is 10.4. The maximum atomic E-state index is 11.5. The molecule has 0 unspecified atom stereocenters. The number of hydrogen-bond acceptors (Lipinski definition) is 6. The second kappa shape index (κ2) is 5.90. The molecule has 0 saturated carbocycles. The largest absolute Gasteiger partial charge is 0.461 e. The van der Waals surface area contributed by atoms with Crippen molar-refractivity contribution in [3.63, 3.8) is 0 Å². The molecule has 1 aromatic heterocycles. The van der Waals surface area contributed by atoms with Crippen LogP contribution in [0.5, 0.6) is 0 Å². The second-order valence-corrected chi connectivity index (χ2v) is 3.79. The van der Waals surface area contributed by atoms with Gasteiger partial charge in [0.2, 0.25) is 0 Å². The first kappa shape index (κ1) is 12.9. The predicted molar refractivity (Wildman–Crippen MR) is 69.1 cm³/mol. The molecule has 1 N–H and O–H groups in total. The fourth-order valence-corrected chi connectivity index (χ4v) is 1.61. The van der Waals surface area contributed by atoms with Gasteiger partial charge in [-0.25, -0.2) is 9.78 Å². The van der Waals surface area contributed by atoms with E-state index in [0.29, 0.717) is 5.69 Å². The van der Waals surface area contributed by atoms with Crippen molar-refractivity contribution < 1.29 is 14.7 Å². The Morgan fingerprint density at radius 1 is 1.37 bits per heavy atom. The molecular formula is C13H13N3O3. The van der Waals surface area contributed by atoms with Gasteiger partial charge in [0.1, 0.15) is 0 Å². The van der Waals surface area contributed by atoms with Crippen LogP contribution in [0.15, 0.2) is 35.6 Å². The summed E-state index contributed by atoms with van der Waals surface area (Å²) in [6.07, 6.45) is 1.62. The van der Waals surface area contributed by atoms with Crippen LogP contribution in [0.3, 0.4) is 0 Å². The molecule has 0 saturated heterocycles. The van der Waals surface area contributed by atoms with Crippen LogP contribution in [0.4, 0.5) is 0 Å². The van der Waals surface area contributed by atoms with Crippen molar-refractivity contribution in [1.82, 2.24) is 9.97 Å². The lowest BCUT2D eigenvalue weighted by molar-refractivity contribution is -0.135. The summed E-state index contributed by atoms with van der Waals surface area (Å²) in [5.41, 5.74) is 1.94. The molecule has 0 aliphatic heterocycles. The average Bonchev–Trinajstić information content (AvgIpc) is 2.44. The fraction of sp³-hybridized carbons (Fsp3) is 0.231. The van der Waals surface area contributed by atoms with E-state index in [0.717, 1.165) is 11.0 Å². The molecule has 0 fully saturated rings. The van der Waals surface area contributed by atoms with Crippen LogP contribution in [-0.2, 0) is 16.0 Å². The Hall–Kier alpha value is -2.50.